The second-order valence-corrected chi connectivity index (χ2v) is 9.47. The van der Waals surface area contributed by atoms with E-state index in [-0.39, 0.29) is 23.6 Å². The van der Waals surface area contributed by atoms with Crippen molar-refractivity contribution in [3.63, 3.8) is 0 Å². The van der Waals surface area contributed by atoms with Gasteiger partial charge in [0.05, 0.1) is 30.7 Å². The van der Waals surface area contributed by atoms with Crippen molar-refractivity contribution in [2.45, 2.75) is 38.8 Å². The van der Waals surface area contributed by atoms with E-state index in [0.717, 1.165) is 30.4 Å². The Hall–Kier alpha value is -3.77. The van der Waals surface area contributed by atoms with Gasteiger partial charge in [0.2, 0.25) is 5.76 Å². The molecule has 3 aromatic carbocycles. The van der Waals surface area contributed by atoms with E-state index in [4.69, 9.17) is 25.5 Å². The molecule has 4 aromatic rings. The fraction of sp³-hybridized carbons (Fsp3) is 0.267. The molecule has 0 fully saturated rings. The first-order valence-corrected chi connectivity index (χ1v) is 12.8. The summed E-state index contributed by atoms with van der Waals surface area (Å²) < 4.78 is 17.6. The van der Waals surface area contributed by atoms with Crippen LogP contribution in [0.25, 0.3) is 11.0 Å². The quantitative estimate of drug-likeness (QED) is 0.229. The van der Waals surface area contributed by atoms with Gasteiger partial charge in [-0.25, -0.2) is 0 Å². The van der Waals surface area contributed by atoms with Crippen molar-refractivity contribution < 1.29 is 18.7 Å². The van der Waals surface area contributed by atoms with Crippen LogP contribution < -0.4 is 14.9 Å². The van der Waals surface area contributed by atoms with E-state index in [0.29, 0.717) is 39.7 Å². The maximum Gasteiger partial charge on any atom is 0.291 e. The van der Waals surface area contributed by atoms with Crippen LogP contribution >= 0.6 is 11.6 Å². The zero-order chi connectivity index (χ0) is 25.9. The molecule has 7 heteroatoms. The van der Waals surface area contributed by atoms with Gasteiger partial charge in [-0.2, -0.15) is 0 Å². The monoisotopic (exact) mass is 517 g/mol. The molecule has 1 aliphatic rings. The van der Waals surface area contributed by atoms with Gasteiger partial charge in [0.1, 0.15) is 5.58 Å². The Kier molecular flexibility index (Phi) is 7.19. The Morgan fingerprint density at radius 1 is 0.973 bits per heavy atom. The molecule has 1 aromatic heterocycles. The SMILES string of the molecule is CCCCCOc1ccc(C2c3c(oc4ccccc4c3=O)C(=O)N2Cc2ccccc2Cl)cc1OC. The number of nitrogens with zero attached hydrogens (tertiary/aromatic N) is 1. The molecule has 37 heavy (non-hydrogen) atoms. The first-order valence-electron chi connectivity index (χ1n) is 12.4. The van der Waals surface area contributed by atoms with Gasteiger partial charge in [0, 0.05) is 11.6 Å². The highest BCUT2D eigenvalue weighted by molar-refractivity contribution is 6.31. The zero-order valence-corrected chi connectivity index (χ0v) is 21.6. The third kappa shape index (κ3) is 4.69. The van der Waals surface area contributed by atoms with Crippen LogP contribution in [-0.4, -0.2) is 24.5 Å². The molecular formula is C30H28ClNO5. The van der Waals surface area contributed by atoms with Gasteiger partial charge in [0.15, 0.2) is 16.9 Å². The number of unbranched alkanes of at least 4 members (excludes halogenated alkanes) is 2. The average Bonchev–Trinajstić information content (AvgIpc) is 3.19. The summed E-state index contributed by atoms with van der Waals surface area (Å²) in [5.74, 6) is 0.856. The summed E-state index contributed by atoms with van der Waals surface area (Å²) >= 11 is 6.45. The smallest absolute Gasteiger partial charge is 0.291 e. The molecule has 1 unspecified atom stereocenters. The van der Waals surface area contributed by atoms with Crippen LogP contribution in [0.1, 0.15) is 59.5 Å². The van der Waals surface area contributed by atoms with Gasteiger partial charge in [-0.1, -0.05) is 67.8 Å². The molecule has 1 amide bonds. The molecule has 0 spiro atoms. The van der Waals surface area contributed by atoms with Crippen LogP contribution in [0.15, 0.2) is 75.9 Å². The average molecular weight is 518 g/mol. The summed E-state index contributed by atoms with van der Waals surface area (Å²) in [4.78, 5) is 29.1. The molecule has 0 saturated carbocycles. The molecule has 0 saturated heterocycles. The number of carbonyl (C=O) groups excluding carboxylic acids is 1. The lowest BCUT2D eigenvalue weighted by molar-refractivity contribution is 0.0714. The zero-order valence-electron chi connectivity index (χ0n) is 20.8. The molecule has 0 radical (unpaired) electrons. The first-order chi connectivity index (χ1) is 18.0. The van der Waals surface area contributed by atoms with Gasteiger partial charge in [-0.15, -0.1) is 0 Å². The lowest BCUT2D eigenvalue weighted by Crippen LogP contribution is -2.29. The van der Waals surface area contributed by atoms with Crippen LogP contribution in [0.5, 0.6) is 11.5 Å². The first kappa shape index (κ1) is 24.9. The summed E-state index contributed by atoms with van der Waals surface area (Å²) in [6.07, 6.45) is 3.14. The number of hydrogen-bond donors (Lipinski definition) is 0. The number of hydrogen-bond acceptors (Lipinski definition) is 5. The van der Waals surface area contributed by atoms with Crippen molar-refractivity contribution in [3.05, 3.63) is 104 Å². The Bertz CT molecular complexity index is 1510. The lowest BCUT2D eigenvalue weighted by Gasteiger charge is -2.26. The topological polar surface area (TPSA) is 69.0 Å². The van der Waals surface area contributed by atoms with Gasteiger partial charge in [-0.3, -0.25) is 9.59 Å². The van der Waals surface area contributed by atoms with E-state index in [9.17, 15) is 9.59 Å². The number of fused-ring (bicyclic) bond motifs is 2. The second-order valence-electron chi connectivity index (χ2n) is 9.06. The van der Waals surface area contributed by atoms with Crippen LogP contribution in [0.2, 0.25) is 5.02 Å². The summed E-state index contributed by atoms with van der Waals surface area (Å²) in [6.45, 7) is 2.94. The second kappa shape index (κ2) is 10.7. The molecule has 0 bridgehead atoms. The Balaban J connectivity index is 1.62. The van der Waals surface area contributed by atoms with E-state index < -0.39 is 6.04 Å². The van der Waals surface area contributed by atoms with Crippen molar-refractivity contribution in [2.75, 3.05) is 13.7 Å². The van der Waals surface area contributed by atoms with E-state index >= 15 is 0 Å². The van der Waals surface area contributed by atoms with Crippen molar-refractivity contribution in [1.29, 1.82) is 0 Å². The van der Waals surface area contributed by atoms with Crippen LogP contribution in [-0.2, 0) is 6.54 Å². The largest absolute Gasteiger partial charge is 0.493 e. The Morgan fingerprint density at radius 2 is 1.76 bits per heavy atom. The summed E-state index contributed by atoms with van der Waals surface area (Å²) in [5.41, 5.74) is 1.96. The number of benzene rings is 3. The number of halogens is 1. The maximum atomic E-state index is 13.7. The predicted molar refractivity (Wildman–Crippen MR) is 144 cm³/mol. The van der Waals surface area contributed by atoms with Gasteiger partial charge in [-0.05, 0) is 47.9 Å². The molecular weight excluding hydrogens is 490 g/mol. The summed E-state index contributed by atoms with van der Waals surface area (Å²) in [7, 11) is 1.58. The maximum absolute atomic E-state index is 13.7. The van der Waals surface area contributed by atoms with Crippen molar-refractivity contribution in [2.24, 2.45) is 0 Å². The van der Waals surface area contributed by atoms with E-state index in [2.05, 4.69) is 6.92 Å². The summed E-state index contributed by atoms with van der Waals surface area (Å²) in [6, 6.07) is 19.2. The van der Waals surface area contributed by atoms with E-state index in [1.54, 1.807) is 42.3 Å². The highest BCUT2D eigenvalue weighted by atomic mass is 35.5. The van der Waals surface area contributed by atoms with Crippen LogP contribution in [0, 0.1) is 0 Å². The number of methoxy groups -OCH3 is 1. The van der Waals surface area contributed by atoms with Crippen molar-refractivity contribution >= 4 is 28.5 Å². The number of para-hydroxylation sites is 1. The molecule has 0 aliphatic carbocycles. The highest BCUT2D eigenvalue weighted by Crippen LogP contribution is 2.42. The molecule has 1 aliphatic heterocycles. The molecule has 2 heterocycles. The third-order valence-electron chi connectivity index (χ3n) is 6.68. The normalized spacial score (nSPS) is 14.7. The van der Waals surface area contributed by atoms with Gasteiger partial charge in [0.25, 0.3) is 5.91 Å². The number of carbonyl (C=O) groups is 1. The molecule has 5 rings (SSSR count). The molecule has 0 N–H and O–H groups in total. The highest BCUT2D eigenvalue weighted by Gasteiger charge is 2.43. The molecule has 1 atom stereocenters. The number of ether oxygens (including phenoxy) is 2. The van der Waals surface area contributed by atoms with E-state index in [1.807, 2.05) is 36.4 Å². The minimum atomic E-state index is -0.678. The number of rotatable bonds is 9. The van der Waals surface area contributed by atoms with Gasteiger partial charge >= 0.3 is 0 Å². The fourth-order valence-corrected chi connectivity index (χ4v) is 4.99. The number of amides is 1. The van der Waals surface area contributed by atoms with Crippen LogP contribution in [0.4, 0.5) is 0 Å². The minimum Gasteiger partial charge on any atom is -0.493 e. The van der Waals surface area contributed by atoms with Crippen LogP contribution in [0.3, 0.4) is 0 Å². The third-order valence-corrected chi connectivity index (χ3v) is 7.05. The minimum absolute atomic E-state index is 0.0552. The Labute approximate surface area is 220 Å². The fourth-order valence-electron chi connectivity index (χ4n) is 4.79. The Morgan fingerprint density at radius 3 is 2.54 bits per heavy atom. The molecule has 190 valence electrons. The van der Waals surface area contributed by atoms with Gasteiger partial charge < -0.3 is 18.8 Å². The molecule has 6 nitrogen and oxygen atoms in total. The predicted octanol–water partition coefficient (Wildman–Crippen LogP) is 6.77. The van der Waals surface area contributed by atoms with Crippen molar-refractivity contribution in [3.8, 4) is 11.5 Å². The standard InChI is InChI=1S/C30H28ClNO5/c1-3-4-9-16-36-24-15-14-19(17-25(24)35-2)27-26-28(33)21-11-6-8-13-23(21)37-29(26)30(34)32(27)18-20-10-5-7-12-22(20)31/h5-8,10-15,17,27H,3-4,9,16,18H2,1-2H3. The lowest BCUT2D eigenvalue weighted by atomic mass is 9.97. The van der Waals surface area contributed by atoms with Crippen molar-refractivity contribution in [1.82, 2.24) is 4.90 Å². The van der Waals surface area contributed by atoms with E-state index in [1.165, 1.54) is 0 Å². The summed E-state index contributed by atoms with van der Waals surface area (Å²) in [5, 5.41) is 0.976.